The molecule has 1 fully saturated rings. The second kappa shape index (κ2) is 8.89. The summed E-state index contributed by atoms with van der Waals surface area (Å²) in [6.07, 6.45) is 5.41. The van der Waals surface area contributed by atoms with Crippen LogP contribution in [0, 0.1) is 5.92 Å². The molecule has 3 unspecified atom stereocenters. The maximum absolute atomic E-state index is 5.25. The van der Waals surface area contributed by atoms with Crippen molar-refractivity contribution in [2.45, 2.75) is 58.5 Å². The van der Waals surface area contributed by atoms with E-state index >= 15 is 0 Å². The smallest absolute Gasteiger partial charge is 0.0589 e. The lowest BCUT2D eigenvalue weighted by atomic mass is 9.80. The maximum atomic E-state index is 5.25. The molecule has 108 valence electrons. The first-order valence-electron chi connectivity index (χ1n) is 7.73. The van der Waals surface area contributed by atoms with E-state index in [9.17, 15) is 0 Å². The van der Waals surface area contributed by atoms with Crippen molar-refractivity contribution in [3.8, 4) is 0 Å². The predicted molar refractivity (Wildman–Crippen MR) is 78.0 cm³/mol. The van der Waals surface area contributed by atoms with Gasteiger partial charge in [-0.3, -0.25) is 4.90 Å². The molecule has 0 aliphatic heterocycles. The van der Waals surface area contributed by atoms with E-state index in [-0.39, 0.29) is 0 Å². The van der Waals surface area contributed by atoms with Gasteiger partial charge >= 0.3 is 0 Å². The van der Waals surface area contributed by atoms with Crippen molar-refractivity contribution >= 4 is 0 Å². The fourth-order valence-corrected chi connectivity index (χ4v) is 3.27. The molecular formula is C15H32N2O. The predicted octanol–water partition coefficient (Wildman–Crippen LogP) is 2.51. The lowest BCUT2D eigenvalue weighted by molar-refractivity contribution is 0.0716. The highest BCUT2D eigenvalue weighted by atomic mass is 16.5. The number of hydrogen-bond donors (Lipinski definition) is 1. The Hall–Kier alpha value is -0.120. The van der Waals surface area contributed by atoms with Gasteiger partial charge in [-0.1, -0.05) is 27.2 Å². The number of methoxy groups -OCH3 is 1. The molecule has 0 aromatic heterocycles. The molecule has 0 spiro atoms. The van der Waals surface area contributed by atoms with E-state index < -0.39 is 0 Å². The molecule has 0 bridgehead atoms. The van der Waals surface area contributed by atoms with Gasteiger partial charge in [-0.25, -0.2) is 0 Å². The summed E-state index contributed by atoms with van der Waals surface area (Å²) in [6.45, 7) is 10.9. The lowest BCUT2D eigenvalue weighted by Gasteiger charge is -2.42. The van der Waals surface area contributed by atoms with Gasteiger partial charge in [0, 0.05) is 25.7 Å². The lowest BCUT2D eigenvalue weighted by Crippen LogP contribution is -2.53. The summed E-state index contributed by atoms with van der Waals surface area (Å²) in [5.74, 6) is 0.918. The van der Waals surface area contributed by atoms with Crippen molar-refractivity contribution in [1.29, 1.82) is 0 Å². The average molecular weight is 256 g/mol. The molecule has 1 N–H and O–H groups in total. The number of nitrogens with one attached hydrogen (secondary N) is 1. The molecule has 3 heteroatoms. The van der Waals surface area contributed by atoms with Crippen LogP contribution in [0.1, 0.15) is 46.5 Å². The third-order valence-corrected chi connectivity index (χ3v) is 4.43. The topological polar surface area (TPSA) is 24.5 Å². The first-order valence-corrected chi connectivity index (χ1v) is 7.73. The van der Waals surface area contributed by atoms with Crippen LogP contribution in [0.5, 0.6) is 0 Å². The van der Waals surface area contributed by atoms with E-state index in [0.29, 0.717) is 12.1 Å². The summed E-state index contributed by atoms with van der Waals surface area (Å²) in [5, 5.41) is 3.69. The van der Waals surface area contributed by atoms with E-state index in [4.69, 9.17) is 4.74 Å². The zero-order valence-corrected chi connectivity index (χ0v) is 12.7. The normalized spacial score (nSPS) is 28.8. The van der Waals surface area contributed by atoms with Gasteiger partial charge in [0.05, 0.1) is 6.61 Å². The standard InChI is InChI=1S/C15H32N2O/c1-5-13-8-9-14(16-6-2)15(12-13)17(7-3)10-11-18-4/h13-16H,5-12H2,1-4H3. The molecule has 0 aromatic carbocycles. The first kappa shape index (κ1) is 15.9. The Morgan fingerprint density at radius 1 is 1.22 bits per heavy atom. The molecule has 3 atom stereocenters. The second-order valence-electron chi connectivity index (χ2n) is 5.44. The van der Waals surface area contributed by atoms with E-state index in [0.717, 1.165) is 32.2 Å². The van der Waals surface area contributed by atoms with Crippen LogP contribution in [0.4, 0.5) is 0 Å². The van der Waals surface area contributed by atoms with E-state index in [2.05, 4.69) is 31.0 Å². The molecule has 0 saturated heterocycles. The number of likely N-dealkylation sites (N-methyl/N-ethyl adjacent to an activating group) is 2. The third kappa shape index (κ3) is 4.52. The Balaban J connectivity index is 2.62. The molecule has 1 saturated carbocycles. The van der Waals surface area contributed by atoms with Crippen LogP contribution < -0.4 is 5.32 Å². The Morgan fingerprint density at radius 2 is 2.00 bits per heavy atom. The van der Waals surface area contributed by atoms with Crippen LogP contribution in [0.15, 0.2) is 0 Å². The Kier molecular flexibility index (Phi) is 7.87. The largest absolute Gasteiger partial charge is 0.383 e. The van der Waals surface area contributed by atoms with Crippen LogP contribution in [0.2, 0.25) is 0 Å². The summed E-state index contributed by atoms with van der Waals surface area (Å²) < 4.78 is 5.25. The Morgan fingerprint density at radius 3 is 2.56 bits per heavy atom. The van der Waals surface area contributed by atoms with Crippen molar-refractivity contribution in [3.05, 3.63) is 0 Å². The first-order chi connectivity index (χ1) is 8.76. The quantitative estimate of drug-likeness (QED) is 0.722. The van der Waals surface area contributed by atoms with Crippen LogP contribution in [0.3, 0.4) is 0 Å². The van der Waals surface area contributed by atoms with Crippen molar-refractivity contribution in [2.75, 3.05) is 33.4 Å². The minimum Gasteiger partial charge on any atom is -0.383 e. The van der Waals surface area contributed by atoms with Crippen LogP contribution in [-0.4, -0.2) is 50.3 Å². The van der Waals surface area contributed by atoms with Crippen LogP contribution in [0.25, 0.3) is 0 Å². The number of nitrogens with zero attached hydrogens (tertiary/aromatic N) is 1. The Labute approximate surface area is 113 Å². The van der Waals surface area contributed by atoms with Crippen LogP contribution >= 0.6 is 0 Å². The average Bonchev–Trinajstić information content (AvgIpc) is 2.41. The highest BCUT2D eigenvalue weighted by Crippen LogP contribution is 2.30. The minimum atomic E-state index is 0.676. The molecule has 0 radical (unpaired) electrons. The van der Waals surface area contributed by atoms with Crippen molar-refractivity contribution in [1.82, 2.24) is 10.2 Å². The van der Waals surface area contributed by atoms with Gasteiger partial charge in [-0.05, 0) is 38.3 Å². The summed E-state index contributed by atoms with van der Waals surface area (Å²) in [6, 6.07) is 1.37. The SMILES string of the molecule is CCNC1CCC(CC)CC1N(CC)CCOC. The maximum Gasteiger partial charge on any atom is 0.0589 e. The monoisotopic (exact) mass is 256 g/mol. The zero-order chi connectivity index (χ0) is 13.4. The highest BCUT2D eigenvalue weighted by molar-refractivity contribution is 4.90. The third-order valence-electron chi connectivity index (χ3n) is 4.43. The fraction of sp³-hybridized carbons (Fsp3) is 1.00. The van der Waals surface area contributed by atoms with Crippen molar-refractivity contribution in [2.24, 2.45) is 5.92 Å². The van der Waals surface area contributed by atoms with Gasteiger partial charge in [-0.15, -0.1) is 0 Å². The van der Waals surface area contributed by atoms with E-state index in [1.807, 2.05) is 0 Å². The Bertz CT molecular complexity index is 211. The van der Waals surface area contributed by atoms with Crippen molar-refractivity contribution < 1.29 is 4.74 Å². The van der Waals surface area contributed by atoms with Crippen LogP contribution in [-0.2, 0) is 4.74 Å². The van der Waals surface area contributed by atoms with Gasteiger partial charge < -0.3 is 10.1 Å². The molecule has 0 amide bonds. The van der Waals surface area contributed by atoms with Gasteiger partial charge in [0.1, 0.15) is 0 Å². The summed E-state index contributed by atoms with van der Waals surface area (Å²) >= 11 is 0. The number of hydrogen-bond acceptors (Lipinski definition) is 3. The molecule has 18 heavy (non-hydrogen) atoms. The molecular weight excluding hydrogens is 224 g/mol. The number of rotatable bonds is 8. The van der Waals surface area contributed by atoms with Gasteiger partial charge in [0.2, 0.25) is 0 Å². The molecule has 1 aliphatic carbocycles. The molecule has 0 heterocycles. The van der Waals surface area contributed by atoms with E-state index in [1.54, 1.807) is 7.11 Å². The van der Waals surface area contributed by atoms with E-state index in [1.165, 1.54) is 25.7 Å². The van der Waals surface area contributed by atoms with Crippen molar-refractivity contribution in [3.63, 3.8) is 0 Å². The molecule has 1 rings (SSSR count). The van der Waals surface area contributed by atoms with Gasteiger partial charge in [0.25, 0.3) is 0 Å². The van der Waals surface area contributed by atoms with Gasteiger partial charge in [-0.2, -0.15) is 0 Å². The summed E-state index contributed by atoms with van der Waals surface area (Å²) in [5.41, 5.74) is 0. The second-order valence-corrected chi connectivity index (χ2v) is 5.44. The highest BCUT2D eigenvalue weighted by Gasteiger charge is 2.32. The fourth-order valence-electron chi connectivity index (χ4n) is 3.27. The number of ether oxygens (including phenoxy) is 1. The minimum absolute atomic E-state index is 0.676. The zero-order valence-electron chi connectivity index (χ0n) is 12.7. The van der Waals surface area contributed by atoms with Gasteiger partial charge in [0.15, 0.2) is 0 Å². The molecule has 1 aliphatic rings. The molecule has 0 aromatic rings. The summed E-state index contributed by atoms with van der Waals surface area (Å²) in [4.78, 5) is 2.61. The summed E-state index contributed by atoms with van der Waals surface area (Å²) in [7, 11) is 1.80. The molecule has 3 nitrogen and oxygen atoms in total.